The Balaban J connectivity index is 2.20. The van der Waals surface area contributed by atoms with Crippen LogP contribution in [0.2, 0.25) is 5.02 Å². The van der Waals surface area contributed by atoms with Crippen molar-refractivity contribution in [1.82, 2.24) is 4.72 Å². The molecule has 0 amide bonds. The number of hydrogen-bond donors (Lipinski definition) is 2. The van der Waals surface area contributed by atoms with E-state index in [0.717, 1.165) is 12.8 Å². The van der Waals surface area contributed by atoms with Crippen LogP contribution in [0.4, 0.5) is 0 Å². The molecule has 0 unspecified atom stereocenters. The van der Waals surface area contributed by atoms with E-state index in [1.165, 1.54) is 18.2 Å². The van der Waals surface area contributed by atoms with Gasteiger partial charge in [0, 0.05) is 6.54 Å². The number of aliphatic hydroxyl groups is 1. The number of hydrogen-bond acceptors (Lipinski definition) is 4. The third kappa shape index (κ3) is 3.30. The number of nitrogens with one attached hydrogen (secondary N) is 1. The standard InChI is InChI=1S/C13H15ClN2O3S/c14-11-4-3-10(8-15)7-12(11)20(18,19)16-9-13(17)5-1-2-6-13/h3-4,7,16-17H,1-2,5-6,9H2. The first-order chi connectivity index (χ1) is 9.36. The zero-order valence-corrected chi connectivity index (χ0v) is 12.3. The van der Waals surface area contributed by atoms with E-state index in [1.807, 2.05) is 6.07 Å². The molecule has 0 saturated heterocycles. The van der Waals surface area contributed by atoms with Crippen molar-refractivity contribution in [2.75, 3.05) is 6.54 Å². The molecule has 108 valence electrons. The van der Waals surface area contributed by atoms with Crippen LogP contribution < -0.4 is 4.72 Å². The maximum atomic E-state index is 12.2. The van der Waals surface area contributed by atoms with Crippen LogP contribution in [0.25, 0.3) is 0 Å². The topological polar surface area (TPSA) is 90.2 Å². The molecular weight excluding hydrogens is 300 g/mol. The molecule has 2 N–H and O–H groups in total. The number of nitrogens with zero attached hydrogens (tertiary/aromatic N) is 1. The molecule has 1 aliphatic carbocycles. The fourth-order valence-corrected chi connectivity index (χ4v) is 3.94. The molecule has 1 saturated carbocycles. The van der Waals surface area contributed by atoms with Gasteiger partial charge in [-0.05, 0) is 31.0 Å². The highest BCUT2D eigenvalue weighted by atomic mass is 35.5. The van der Waals surface area contributed by atoms with Crippen molar-refractivity contribution < 1.29 is 13.5 Å². The molecule has 5 nitrogen and oxygen atoms in total. The second kappa shape index (κ2) is 5.70. The molecule has 0 radical (unpaired) electrons. The minimum Gasteiger partial charge on any atom is -0.389 e. The van der Waals surface area contributed by atoms with Crippen LogP contribution >= 0.6 is 11.6 Å². The number of halogens is 1. The van der Waals surface area contributed by atoms with Gasteiger partial charge in [0.1, 0.15) is 4.90 Å². The Hall–Kier alpha value is -1.13. The summed E-state index contributed by atoms with van der Waals surface area (Å²) in [6, 6.07) is 5.92. The Morgan fingerprint density at radius 3 is 2.65 bits per heavy atom. The summed E-state index contributed by atoms with van der Waals surface area (Å²) in [6.07, 6.45) is 2.95. The summed E-state index contributed by atoms with van der Waals surface area (Å²) in [5, 5.41) is 19.0. The average Bonchev–Trinajstić information content (AvgIpc) is 2.85. The second-order valence-corrected chi connectivity index (χ2v) is 7.16. The molecule has 0 atom stereocenters. The maximum absolute atomic E-state index is 12.2. The summed E-state index contributed by atoms with van der Waals surface area (Å²) in [6.45, 7) is -0.0392. The summed E-state index contributed by atoms with van der Waals surface area (Å²) < 4.78 is 26.8. The summed E-state index contributed by atoms with van der Waals surface area (Å²) in [4.78, 5) is -0.139. The van der Waals surface area contributed by atoms with Gasteiger partial charge in [-0.25, -0.2) is 13.1 Å². The van der Waals surface area contributed by atoms with Gasteiger partial charge in [-0.1, -0.05) is 24.4 Å². The minimum atomic E-state index is -3.84. The zero-order valence-electron chi connectivity index (χ0n) is 10.8. The molecule has 2 rings (SSSR count). The molecule has 0 aliphatic heterocycles. The maximum Gasteiger partial charge on any atom is 0.242 e. The first-order valence-electron chi connectivity index (χ1n) is 6.28. The molecule has 1 aromatic rings. The fourth-order valence-electron chi connectivity index (χ4n) is 2.30. The van der Waals surface area contributed by atoms with Crippen molar-refractivity contribution in [1.29, 1.82) is 5.26 Å². The fraction of sp³-hybridized carbons (Fsp3) is 0.462. The van der Waals surface area contributed by atoms with Gasteiger partial charge in [-0.2, -0.15) is 5.26 Å². The third-order valence-electron chi connectivity index (χ3n) is 3.48. The molecule has 20 heavy (non-hydrogen) atoms. The van der Waals surface area contributed by atoms with Crippen LogP contribution in [0, 0.1) is 11.3 Å². The van der Waals surface area contributed by atoms with Crippen molar-refractivity contribution in [3.63, 3.8) is 0 Å². The predicted molar refractivity (Wildman–Crippen MR) is 74.8 cm³/mol. The van der Waals surface area contributed by atoms with Gasteiger partial charge in [0.15, 0.2) is 0 Å². The highest BCUT2D eigenvalue weighted by Crippen LogP contribution is 2.29. The largest absolute Gasteiger partial charge is 0.389 e. The Bertz CT molecular complexity index is 646. The quantitative estimate of drug-likeness (QED) is 0.886. The van der Waals surface area contributed by atoms with Crippen molar-refractivity contribution >= 4 is 21.6 Å². The predicted octanol–water partition coefficient (Wildman–Crippen LogP) is 1.80. The van der Waals surface area contributed by atoms with Crippen molar-refractivity contribution in [3.05, 3.63) is 28.8 Å². The van der Waals surface area contributed by atoms with E-state index in [2.05, 4.69) is 4.72 Å². The van der Waals surface area contributed by atoms with Crippen LogP contribution in [0.3, 0.4) is 0 Å². The Kier molecular flexibility index (Phi) is 4.35. The molecule has 0 aromatic heterocycles. The van der Waals surface area contributed by atoms with Gasteiger partial charge in [-0.3, -0.25) is 0 Å². The lowest BCUT2D eigenvalue weighted by Gasteiger charge is -2.22. The van der Waals surface area contributed by atoms with Gasteiger partial charge in [0.05, 0.1) is 22.3 Å². The normalized spacial score (nSPS) is 17.9. The summed E-state index contributed by atoms with van der Waals surface area (Å²) >= 11 is 5.88. The van der Waals surface area contributed by atoms with E-state index < -0.39 is 15.6 Å². The second-order valence-electron chi connectivity index (χ2n) is 5.01. The Labute approximate surface area is 123 Å². The Morgan fingerprint density at radius 1 is 1.40 bits per heavy atom. The molecule has 0 spiro atoms. The van der Waals surface area contributed by atoms with Gasteiger partial charge in [0.2, 0.25) is 10.0 Å². The number of rotatable bonds is 4. The van der Waals surface area contributed by atoms with Crippen molar-refractivity contribution in [2.24, 2.45) is 0 Å². The van der Waals surface area contributed by atoms with Gasteiger partial charge < -0.3 is 5.11 Å². The van der Waals surface area contributed by atoms with Gasteiger partial charge in [-0.15, -0.1) is 0 Å². The SMILES string of the molecule is N#Cc1ccc(Cl)c(S(=O)(=O)NCC2(O)CCCC2)c1. The van der Waals surface area contributed by atoms with Crippen LogP contribution in [0.1, 0.15) is 31.2 Å². The van der Waals surface area contributed by atoms with E-state index in [1.54, 1.807) is 0 Å². The lowest BCUT2D eigenvalue weighted by Crippen LogP contribution is -2.40. The minimum absolute atomic E-state index is 0.0392. The first-order valence-corrected chi connectivity index (χ1v) is 8.14. The average molecular weight is 315 g/mol. The zero-order chi connectivity index (χ0) is 14.8. The van der Waals surface area contributed by atoms with E-state index in [9.17, 15) is 13.5 Å². The highest BCUT2D eigenvalue weighted by molar-refractivity contribution is 7.89. The summed E-state index contributed by atoms with van der Waals surface area (Å²) in [5.74, 6) is 0. The van der Waals surface area contributed by atoms with Gasteiger partial charge >= 0.3 is 0 Å². The van der Waals surface area contributed by atoms with E-state index in [4.69, 9.17) is 16.9 Å². The smallest absolute Gasteiger partial charge is 0.242 e. The molecule has 1 aliphatic rings. The molecule has 0 bridgehead atoms. The van der Waals surface area contributed by atoms with Crippen molar-refractivity contribution in [3.8, 4) is 6.07 Å². The van der Waals surface area contributed by atoms with Crippen LogP contribution in [0.5, 0.6) is 0 Å². The summed E-state index contributed by atoms with van der Waals surface area (Å²) in [7, 11) is -3.84. The lowest BCUT2D eigenvalue weighted by molar-refractivity contribution is 0.0532. The molecule has 1 aromatic carbocycles. The number of sulfonamides is 1. The lowest BCUT2D eigenvalue weighted by atomic mass is 10.0. The van der Waals surface area contributed by atoms with E-state index in [-0.39, 0.29) is 22.0 Å². The van der Waals surface area contributed by atoms with Crippen molar-refractivity contribution in [2.45, 2.75) is 36.2 Å². The number of benzene rings is 1. The van der Waals surface area contributed by atoms with Crippen LogP contribution in [-0.2, 0) is 10.0 Å². The van der Waals surface area contributed by atoms with E-state index >= 15 is 0 Å². The highest BCUT2D eigenvalue weighted by Gasteiger charge is 2.33. The molecule has 0 heterocycles. The van der Waals surface area contributed by atoms with Crippen LogP contribution in [0.15, 0.2) is 23.1 Å². The Morgan fingerprint density at radius 2 is 2.05 bits per heavy atom. The van der Waals surface area contributed by atoms with E-state index in [0.29, 0.717) is 12.8 Å². The van der Waals surface area contributed by atoms with Gasteiger partial charge in [0.25, 0.3) is 0 Å². The third-order valence-corrected chi connectivity index (χ3v) is 5.36. The summed E-state index contributed by atoms with van der Waals surface area (Å²) in [5.41, 5.74) is -0.763. The molecule has 7 heteroatoms. The van der Waals surface area contributed by atoms with Crippen LogP contribution in [-0.4, -0.2) is 25.7 Å². The molecule has 1 fully saturated rings. The first kappa shape index (κ1) is 15.3. The monoisotopic (exact) mass is 314 g/mol. The number of nitriles is 1. The molecular formula is C13H15ClN2O3S.